The molecule has 8 heteroatoms. The van der Waals surface area contributed by atoms with Gasteiger partial charge in [0.1, 0.15) is 23.5 Å². The minimum atomic E-state index is -3.78. The molecule has 0 saturated heterocycles. The number of ether oxygens (including phenoxy) is 1. The van der Waals surface area contributed by atoms with Gasteiger partial charge in [0.25, 0.3) is 0 Å². The van der Waals surface area contributed by atoms with Gasteiger partial charge in [-0.2, -0.15) is 0 Å². The maximum Gasteiger partial charge on any atom is 0.240 e. The summed E-state index contributed by atoms with van der Waals surface area (Å²) < 4.78 is 36.1. The molecule has 0 bridgehead atoms. The van der Waals surface area contributed by atoms with Crippen LogP contribution in [-0.2, 0) is 27.0 Å². The minimum Gasteiger partial charge on any atom is -0.497 e. The lowest BCUT2D eigenvalue weighted by Gasteiger charge is -2.25. The predicted molar refractivity (Wildman–Crippen MR) is 90.6 cm³/mol. The lowest BCUT2D eigenvalue weighted by molar-refractivity contribution is -0.119. The molecule has 7 nitrogen and oxygen atoms in total. The second kappa shape index (κ2) is 7.26. The van der Waals surface area contributed by atoms with Crippen LogP contribution < -0.4 is 9.46 Å². The first-order chi connectivity index (χ1) is 12.0. The molecule has 0 spiro atoms. The van der Waals surface area contributed by atoms with Crippen molar-refractivity contribution >= 4 is 15.9 Å². The maximum atomic E-state index is 12.2. The van der Waals surface area contributed by atoms with Gasteiger partial charge in [-0.3, -0.25) is 9.52 Å². The average molecular weight is 364 g/mol. The zero-order chi connectivity index (χ0) is 17.9. The number of aromatic nitrogens is 1. The molecule has 0 fully saturated rings. The number of methoxy groups -OCH3 is 1. The maximum absolute atomic E-state index is 12.2. The van der Waals surface area contributed by atoms with Crippen molar-refractivity contribution in [3.05, 3.63) is 47.3 Å². The molecule has 1 atom stereocenters. The lowest BCUT2D eigenvalue weighted by Crippen LogP contribution is -2.33. The van der Waals surface area contributed by atoms with E-state index in [1.807, 2.05) is 18.2 Å². The number of sulfonamides is 1. The van der Waals surface area contributed by atoms with E-state index in [1.165, 1.54) is 12.3 Å². The Morgan fingerprint density at radius 2 is 2.24 bits per heavy atom. The number of benzene rings is 1. The number of hydrogen-bond acceptors (Lipinski definition) is 6. The van der Waals surface area contributed by atoms with E-state index in [2.05, 4.69) is 14.4 Å². The van der Waals surface area contributed by atoms with E-state index in [1.54, 1.807) is 7.11 Å². The van der Waals surface area contributed by atoms with E-state index < -0.39 is 15.9 Å². The molecule has 25 heavy (non-hydrogen) atoms. The van der Waals surface area contributed by atoms with Crippen molar-refractivity contribution in [2.24, 2.45) is 0 Å². The third-order valence-electron chi connectivity index (χ3n) is 4.32. The van der Waals surface area contributed by atoms with E-state index in [0.717, 1.165) is 36.1 Å². The van der Waals surface area contributed by atoms with E-state index in [4.69, 9.17) is 4.74 Å². The van der Waals surface area contributed by atoms with Crippen molar-refractivity contribution in [1.82, 2.24) is 9.88 Å². The first-order valence-corrected chi connectivity index (χ1v) is 9.71. The molecule has 3 rings (SSSR count). The summed E-state index contributed by atoms with van der Waals surface area (Å²) in [5.74, 6) is -0.0821. The highest BCUT2D eigenvalue weighted by Gasteiger charge is 2.25. The van der Waals surface area contributed by atoms with E-state index >= 15 is 0 Å². The molecule has 1 aliphatic carbocycles. The molecular formula is C17H20N2O5S. The second-order valence-electron chi connectivity index (χ2n) is 6.13. The highest BCUT2D eigenvalue weighted by molar-refractivity contribution is 7.89. The quantitative estimate of drug-likeness (QED) is 0.843. The Morgan fingerprint density at radius 3 is 2.96 bits per heavy atom. The van der Waals surface area contributed by atoms with Crippen LogP contribution in [0.1, 0.15) is 42.0 Å². The van der Waals surface area contributed by atoms with Gasteiger partial charge in [-0.05, 0) is 48.4 Å². The fraction of sp³-hybridized carbons (Fsp3) is 0.412. The number of nitrogens with zero attached hydrogens (tertiary/aromatic N) is 1. The molecule has 0 radical (unpaired) electrons. The minimum absolute atomic E-state index is 0.0110. The first-order valence-electron chi connectivity index (χ1n) is 8.06. The summed E-state index contributed by atoms with van der Waals surface area (Å²) in [7, 11) is -2.16. The first kappa shape index (κ1) is 17.5. The van der Waals surface area contributed by atoms with Crippen LogP contribution in [0.25, 0.3) is 0 Å². The molecule has 0 saturated carbocycles. The van der Waals surface area contributed by atoms with Crippen LogP contribution >= 0.6 is 0 Å². The Kier molecular flexibility index (Phi) is 5.08. The van der Waals surface area contributed by atoms with Crippen LogP contribution in [0, 0.1) is 0 Å². The topological polar surface area (TPSA) is 98.5 Å². The fourth-order valence-electron chi connectivity index (χ4n) is 3.21. The predicted octanol–water partition coefficient (Wildman–Crippen LogP) is 2.14. The van der Waals surface area contributed by atoms with E-state index in [0.29, 0.717) is 0 Å². The lowest BCUT2D eigenvalue weighted by atomic mass is 9.81. The summed E-state index contributed by atoms with van der Waals surface area (Å²) in [4.78, 5) is 12.2. The SMILES string of the molecule is COc1ccc2c(c1)CCC[C@H]2CC(=O)NS(=O)(=O)Cc1ccon1. The smallest absolute Gasteiger partial charge is 0.240 e. The number of amides is 1. The molecule has 1 aromatic carbocycles. The van der Waals surface area contributed by atoms with Crippen molar-refractivity contribution in [3.63, 3.8) is 0 Å². The second-order valence-corrected chi connectivity index (χ2v) is 7.86. The summed E-state index contributed by atoms with van der Waals surface area (Å²) >= 11 is 0. The monoisotopic (exact) mass is 364 g/mol. The summed E-state index contributed by atoms with van der Waals surface area (Å²) in [6.07, 6.45) is 4.19. The molecule has 1 aromatic heterocycles. The van der Waals surface area contributed by atoms with Crippen molar-refractivity contribution < 1.29 is 22.5 Å². The number of nitrogens with one attached hydrogen (secondary N) is 1. The van der Waals surface area contributed by atoms with Gasteiger partial charge in [-0.15, -0.1) is 0 Å². The van der Waals surface area contributed by atoms with Crippen LogP contribution in [0.15, 0.2) is 35.1 Å². The number of hydrogen-bond donors (Lipinski definition) is 1. The van der Waals surface area contributed by atoms with Gasteiger partial charge in [0, 0.05) is 12.5 Å². The molecule has 1 N–H and O–H groups in total. The number of rotatable bonds is 6. The van der Waals surface area contributed by atoms with Gasteiger partial charge in [-0.1, -0.05) is 11.2 Å². The van der Waals surface area contributed by atoms with Crippen molar-refractivity contribution in [1.29, 1.82) is 0 Å². The van der Waals surface area contributed by atoms with Gasteiger partial charge in [0.05, 0.1) is 7.11 Å². The zero-order valence-corrected chi connectivity index (χ0v) is 14.7. The third-order valence-corrected chi connectivity index (χ3v) is 5.53. The molecule has 134 valence electrons. The standard InChI is InChI=1S/C17H20N2O5S/c1-23-15-5-6-16-12(9-15)3-2-4-13(16)10-17(20)19-25(21,22)11-14-7-8-24-18-14/h5-9,13H,2-4,10-11H2,1H3,(H,19,20)/t13-/m0/s1. The van der Waals surface area contributed by atoms with Gasteiger partial charge in [0.15, 0.2) is 0 Å². The normalized spacial score (nSPS) is 16.9. The fourth-order valence-corrected chi connectivity index (χ4v) is 4.25. The van der Waals surface area contributed by atoms with Gasteiger partial charge >= 0.3 is 0 Å². The van der Waals surface area contributed by atoms with Crippen LogP contribution in [0.4, 0.5) is 0 Å². The van der Waals surface area contributed by atoms with Crippen LogP contribution in [0.2, 0.25) is 0 Å². The number of aryl methyl sites for hydroxylation is 1. The van der Waals surface area contributed by atoms with E-state index in [9.17, 15) is 13.2 Å². The van der Waals surface area contributed by atoms with Crippen molar-refractivity contribution in [2.75, 3.05) is 7.11 Å². The van der Waals surface area contributed by atoms with Crippen LogP contribution in [-0.4, -0.2) is 26.6 Å². The average Bonchev–Trinajstić information content (AvgIpc) is 3.06. The Balaban J connectivity index is 1.66. The van der Waals surface area contributed by atoms with Crippen molar-refractivity contribution in [2.45, 2.75) is 37.4 Å². The van der Waals surface area contributed by atoms with Gasteiger partial charge in [-0.25, -0.2) is 8.42 Å². The molecule has 0 aliphatic heterocycles. The largest absolute Gasteiger partial charge is 0.497 e. The van der Waals surface area contributed by atoms with Crippen LogP contribution in [0.3, 0.4) is 0 Å². The number of fused-ring (bicyclic) bond motifs is 1. The van der Waals surface area contributed by atoms with Crippen LogP contribution in [0.5, 0.6) is 5.75 Å². The molecule has 1 amide bonds. The number of carbonyl (C=O) groups is 1. The molecule has 2 aromatic rings. The molecule has 0 unspecified atom stereocenters. The summed E-state index contributed by atoms with van der Waals surface area (Å²) in [6.45, 7) is 0. The van der Waals surface area contributed by atoms with Crippen molar-refractivity contribution in [3.8, 4) is 5.75 Å². The highest BCUT2D eigenvalue weighted by atomic mass is 32.2. The highest BCUT2D eigenvalue weighted by Crippen LogP contribution is 2.35. The Bertz CT molecular complexity index is 846. The molecular weight excluding hydrogens is 344 g/mol. The third kappa shape index (κ3) is 4.39. The molecule has 1 aliphatic rings. The van der Waals surface area contributed by atoms with Gasteiger partial charge in [0.2, 0.25) is 15.9 Å². The summed E-state index contributed by atoms with van der Waals surface area (Å²) in [6, 6.07) is 7.28. The van der Waals surface area contributed by atoms with E-state index in [-0.39, 0.29) is 23.8 Å². The summed E-state index contributed by atoms with van der Waals surface area (Å²) in [5.41, 5.74) is 2.51. The Morgan fingerprint density at radius 1 is 1.40 bits per heavy atom. The van der Waals surface area contributed by atoms with Gasteiger partial charge < -0.3 is 9.26 Å². The zero-order valence-electron chi connectivity index (χ0n) is 13.9. The Hall–Kier alpha value is -2.35. The summed E-state index contributed by atoms with van der Waals surface area (Å²) in [5, 5.41) is 3.55. The number of carbonyl (C=O) groups excluding carboxylic acids is 1. The molecule has 1 heterocycles. The Labute approximate surface area is 146 Å².